The molecule has 4 heterocycles. The molecule has 0 bridgehead atoms. The van der Waals surface area contributed by atoms with Crippen molar-refractivity contribution in [1.29, 1.82) is 0 Å². The van der Waals surface area contributed by atoms with Crippen molar-refractivity contribution in [3.63, 3.8) is 0 Å². The first kappa shape index (κ1) is 16.8. The first-order valence-corrected chi connectivity index (χ1v) is 9.84. The first-order chi connectivity index (χ1) is 13.3. The number of hydrogen-bond acceptors (Lipinski definition) is 6. The van der Waals surface area contributed by atoms with E-state index in [1.165, 1.54) is 0 Å². The van der Waals surface area contributed by atoms with Gasteiger partial charge in [-0.05, 0) is 69.5 Å². The fraction of sp³-hybridized carbons (Fsp3) is 0.500. The highest BCUT2D eigenvalue weighted by atomic mass is 16.3. The molecule has 3 aromatic rings. The van der Waals surface area contributed by atoms with Crippen LogP contribution in [0.2, 0.25) is 0 Å². The number of pyridine rings is 1. The number of nitrogens with zero attached hydrogens (tertiary/aromatic N) is 6. The maximum absolute atomic E-state index is 10.2. The minimum Gasteiger partial charge on any atom is -0.391 e. The number of hydrogen-bond donors (Lipinski definition) is 1. The Balaban J connectivity index is 1.38. The molecule has 2 atom stereocenters. The molecular weight excluding hydrogens is 340 g/mol. The van der Waals surface area contributed by atoms with Crippen LogP contribution >= 0.6 is 0 Å². The van der Waals surface area contributed by atoms with Crippen LogP contribution in [0.3, 0.4) is 0 Å². The Bertz CT molecular complexity index is 919. The molecule has 2 unspecified atom stereocenters. The van der Waals surface area contributed by atoms with E-state index in [0.29, 0.717) is 12.0 Å². The highest BCUT2D eigenvalue weighted by Gasteiger charge is 2.34. The van der Waals surface area contributed by atoms with Crippen molar-refractivity contribution in [2.75, 3.05) is 13.1 Å². The second kappa shape index (κ2) is 6.98. The fourth-order valence-electron chi connectivity index (χ4n) is 4.56. The van der Waals surface area contributed by atoms with Gasteiger partial charge in [0.05, 0.1) is 11.8 Å². The van der Waals surface area contributed by atoms with Crippen molar-refractivity contribution in [2.24, 2.45) is 0 Å². The van der Waals surface area contributed by atoms with Crippen LogP contribution < -0.4 is 0 Å². The van der Waals surface area contributed by atoms with Crippen LogP contribution in [0, 0.1) is 0 Å². The fourth-order valence-corrected chi connectivity index (χ4v) is 4.56. The van der Waals surface area contributed by atoms with Gasteiger partial charge in [0.2, 0.25) is 0 Å². The molecule has 0 radical (unpaired) electrons. The number of piperidine rings is 1. The summed E-state index contributed by atoms with van der Waals surface area (Å²) < 4.78 is 1.90. The van der Waals surface area contributed by atoms with Gasteiger partial charge in [-0.3, -0.25) is 9.88 Å². The Labute approximate surface area is 158 Å². The van der Waals surface area contributed by atoms with E-state index in [4.69, 9.17) is 5.10 Å². The van der Waals surface area contributed by atoms with Gasteiger partial charge in [-0.1, -0.05) is 0 Å². The zero-order valence-corrected chi connectivity index (χ0v) is 15.3. The highest BCUT2D eigenvalue weighted by molar-refractivity contribution is 5.58. The Morgan fingerprint density at radius 1 is 1.00 bits per heavy atom. The van der Waals surface area contributed by atoms with E-state index in [2.05, 4.69) is 20.1 Å². The number of aliphatic hydroxyl groups is 1. The molecule has 2 aliphatic rings. The van der Waals surface area contributed by atoms with Crippen LogP contribution in [0.5, 0.6) is 0 Å². The third-order valence-corrected chi connectivity index (χ3v) is 6.05. The third-order valence-electron chi connectivity index (χ3n) is 6.05. The summed E-state index contributed by atoms with van der Waals surface area (Å²) >= 11 is 0. The number of fused-ring (bicyclic) bond motifs is 1. The van der Waals surface area contributed by atoms with Gasteiger partial charge in [0, 0.05) is 29.9 Å². The van der Waals surface area contributed by atoms with E-state index in [-0.39, 0.29) is 6.10 Å². The Morgan fingerprint density at radius 3 is 2.63 bits per heavy atom. The van der Waals surface area contributed by atoms with Gasteiger partial charge in [-0.2, -0.15) is 9.61 Å². The Morgan fingerprint density at radius 2 is 1.89 bits per heavy atom. The molecule has 1 aliphatic heterocycles. The summed E-state index contributed by atoms with van der Waals surface area (Å²) in [5, 5.41) is 23.8. The average Bonchev–Trinajstić information content (AvgIpc) is 3.34. The summed E-state index contributed by atoms with van der Waals surface area (Å²) in [5.41, 5.74) is 2.65. The van der Waals surface area contributed by atoms with E-state index >= 15 is 0 Å². The van der Waals surface area contributed by atoms with Crippen molar-refractivity contribution >= 4 is 5.65 Å². The van der Waals surface area contributed by atoms with Crippen LogP contribution in [0.4, 0.5) is 0 Å². The molecule has 27 heavy (non-hydrogen) atoms. The van der Waals surface area contributed by atoms with Gasteiger partial charge in [-0.25, -0.2) is 0 Å². The molecule has 1 aliphatic carbocycles. The topological polar surface area (TPSA) is 79.4 Å². The molecule has 5 rings (SSSR count). The summed E-state index contributed by atoms with van der Waals surface area (Å²) in [6.07, 6.45) is 8.70. The Hall–Kier alpha value is -2.38. The lowest BCUT2D eigenvalue weighted by atomic mass is 9.94. The maximum atomic E-state index is 10.2. The van der Waals surface area contributed by atoms with Gasteiger partial charge in [0.25, 0.3) is 0 Å². The van der Waals surface area contributed by atoms with Crippen molar-refractivity contribution in [3.05, 3.63) is 42.5 Å². The maximum Gasteiger partial charge on any atom is 0.177 e. The van der Waals surface area contributed by atoms with Crippen LogP contribution in [0.25, 0.3) is 16.9 Å². The van der Waals surface area contributed by atoms with E-state index in [1.807, 2.05) is 35.0 Å². The number of likely N-dealkylation sites (tertiary alicyclic amines) is 1. The van der Waals surface area contributed by atoms with Gasteiger partial charge >= 0.3 is 0 Å². The largest absolute Gasteiger partial charge is 0.391 e. The third kappa shape index (κ3) is 3.11. The molecule has 140 valence electrons. The molecule has 1 N–H and O–H groups in total. The molecule has 0 amide bonds. The van der Waals surface area contributed by atoms with E-state index < -0.39 is 0 Å². The normalized spacial score (nSPS) is 24.6. The van der Waals surface area contributed by atoms with Crippen molar-refractivity contribution < 1.29 is 5.11 Å². The second-order valence-corrected chi connectivity index (χ2v) is 7.66. The quantitative estimate of drug-likeness (QED) is 0.768. The molecule has 1 saturated carbocycles. The number of aromatic nitrogens is 5. The summed E-state index contributed by atoms with van der Waals surface area (Å²) in [4.78, 5) is 6.65. The van der Waals surface area contributed by atoms with E-state index in [9.17, 15) is 5.11 Å². The predicted molar refractivity (Wildman–Crippen MR) is 101 cm³/mol. The van der Waals surface area contributed by atoms with Crippen LogP contribution in [-0.2, 0) is 0 Å². The van der Waals surface area contributed by atoms with Crippen molar-refractivity contribution in [1.82, 2.24) is 29.7 Å². The molecule has 1 saturated heterocycles. The molecule has 0 aromatic carbocycles. The van der Waals surface area contributed by atoms with Crippen LogP contribution in [0.15, 0.2) is 36.7 Å². The van der Waals surface area contributed by atoms with Gasteiger partial charge in [0.1, 0.15) is 0 Å². The summed E-state index contributed by atoms with van der Waals surface area (Å²) in [7, 11) is 0. The Kier molecular flexibility index (Phi) is 4.33. The van der Waals surface area contributed by atoms with Crippen LogP contribution in [0.1, 0.15) is 43.8 Å². The summed E-state index contributed by atoms with van der Waals surface area (Å²) in [6.45, 7) is 2.01. The molecule has 2 fully saturated rings. The van der Waals surface area contributed by atoms with E-state index in [1.54, 1.807) is 6.20 Å². The van der Waals surface area contributed by atoms with Gasteiger partial charge < -0.3 is 5.11 Å². The van der Waals surface area contributed by atoms with E-state index in [0.717, 1.165) is 67.9 Å². The zero-order chi connectivity index (χ0) is 18.2. The molecule has 0 spiro atoms. The van der Waals surface area contributed by atoms with Gasteiger partial charge in [0.15, 0.2) is 11.5 Å². The predicted octanol–water partition coefficient (Wildman–Crippen LogP) is 2.28. The first-order valence-electron chi connectivity index (χ1n) is 9.84. The van der Waals surface area contributed by atoms with Crippen molar-refractivity contribution in [3.8, 4) is 11.3 Å². The number of rotatable bonds is 3. The lowest BCUT2D eigenvalue weighted by Crippen LogP contribution is -2.44. The summed E-state index contributed by atoms with van der Waals surface area (Å²) in [5.74, 6) is 1.30. The lowest BCUT2D eigenvalue weighted by Gasteiger charge is -2.36. The monoisotopic (exact) mass is 364 g/mol. The summed E-state index contributed by atoms with van der Waals surface area (Å²) in [6, 6.07) is 8.21. The minimum absolute atomic E-state index is 0.154. The highest BCUT2D eigenvalue weighted by Crippen LogP contribution is 2.32. The average molecular weight is 364 g/mol. The minimum atomic E-state index is -0.154. The molecular formula is C20H24N6O. The number of aliphatic hydroxyl groups excluding tert-OH is 1. The molecule has 7 heteroatoms. The zero-order valence-electron chi connectivity index (χ0n) is 15.3. The molecule has 7 nitrogen and oxygen atoms in total. The van der Waals surface area contributed by atoms with Crippen molar-refractivity contribution in [2.45, 2.75) is 50.2 Å². The second-order valence-electron chi connectivity index (χ2n) is 7.66. The lowest BCUT2D eigenvalue weighted by molar-refractivity contribution is 0.0545. The van der Waals surface area contributed by atoms with Gasteiger partial charge in [-0.15, -0.1) is 10.2 Å². The SMILES string of the molecule is OC1CCCC1N1CCC(c2nnc3ccc(-c4cccnc4)nn23)CC1. The smallest absolute Gasteiger partial charge is 0.177 e. The molecule has 3 aromatic heterocycles. The van der Waals surface area contributed by atoms with Crippen LogP contribution in [-0.4, -0.2) is 60.0 Å². The standard InChI is InChI=1S/C20H24N6O/c27-18-5-1-4-17(18)25-11-8-14(9-12-25)20-23-22-19-7-6-16(24-26(19)20)15-3-2-10-21-13-15/h2-3,6-7,10,13-14,17-18,27H,1,4-5,8-9,11-12H2.